The third-order valence-corrected chi connectivity index (χ3v) is 3.21. The molecule has 1 aromatic rings. The average Bonchev–Trinajstić information content (AvgIpc) is 2.66. The molecule has 0 spiro atoms. The molecule has 1 aliphatic heterocycles. The standard InChI is InChI=1S/C13H19N5O2/c1-4-5-9-16-10(14-2)7-11(17-9)15-8-6-12(19)18(3)13(8)20/h7-8H,4-6H2,1-3H3,(H2,14,15,16,17). The highest BCUT2D eigenvalue weighted by Gasteiger charge is 2.36. The van der Waals surface area contributed by atoms with Gasteiger partial charge in [0.25, 0.3) is 5.91 Å². The number of amides is 2. The monoisotopic (exact) mass is 277 g/mol. The lowest BCUT2D eigenvalue weighted by molar-refractivity contribution is -0.136. The van der Waals surface area contributed by atoms with Crippen molar-refractivity contribution in [1.82, 2.24) is 14.9 Å². The summed E-state index contributed by atoms with van der Waals surface area (Å²) in [6.07, 6.45) is 1.87. The minimum atomic E-state index is -0.540. The average molecular weight is 277 g/mol. The van der Waals surface area contributed by atoms with Crippen LogP contribution in [0, 0.1) is 0 Å². The molecule has 1 atom stereocenters. The second kappa shape index (κ2) is 5.85. The van der Waals surface area contributed by atoms with Crippen LogP contribution in [0.25, 0.3) is 0 Å². The van der Waals surface area contributed by atoms with E-state index in [9.17, 15) is 9.59 Å². The topological polar surface area (TPSA) is 87.2 Å². The van der Waals surface area contributed by atoms with E-state index in [2.05, 4.69) is 27.5 Å². The van der Waals surface area contributed by atoms with Crippen LogP contribution >= 0.6 is 0 Å². The van der Waals surface area contributed by atoms with Gasteiger partial charge in [-0.3, -0.25) is 14.5 Å². The van der Waals surface area contributed by atoms with Crippen molar-refractivity contribution >= 4 is 23.5 Å². The Labute approximate surface area is 117 Å². The van der Waals surface area contributed by atoms with Crippen LogP contribution in [0.3, 0.4) is 0 Å². The molecule has 0 aromatic carbocycles. The van der Waals surface area contributed by atoms with Crippen LogP contribution in [0.1, 0.15) is 25.6 Å². The fraction of sp³-hybridized carbons (Fsp3) is 0.538. The van der Waals surface area contributed by atoms with Gasteiger partial charge in [0.15, 0.2) is 0 Å². The van der Waals surface area contributed by atoms with Crippen LogP contribution in [0.4, 0.5) is 11.6 Å². The zero-order chi connectivity index (χ0) is 14.7. The molecule has 20 heavy (non-hydrogen) atoms. The molecular weight excluding hydrogens is 258 g/mol. The maximum Gasteiger partial charge on any atom is 0.251 e. The summed E-state index contributed by atoms with van der Waals surface area (Å²) < 4.78 is 0. The number of carbonyl (C=O) groups is 2. The predicted octanol–water partition coefficient (Wildman–Crippen LogP) is 0.640. The van der Waals surface area contributed by atoms with Crippen molar-refractivity contribution in [2.45, 2.75) is 32.2 Å². The van der Waals surface area contributed by atoms with Gasteiger partial charge < -0.3 is 10.6 Å². The van der Waals surface area contributed by atoms with Crippen LogP contribution in [-0.2, 0) is 16.0 Å². The fourth-order valence-electron chi connectivity index (χ4n) is 2.08. The highest BCUT2D eigenvalue weighted by atomic mass is 16.2. The van der Waals surface area contributed by atoms with Crippen molar-refractivity contribution in [1.29, 1.82) is 0 Å². The first-order valence-electron chi connectivity index (χ1n) is 6.67. The number of hydrogen-bond donors (Lipinski definition) is 2. The highest BCUT2D eigenvalue weighted by Crippen LogP contribution is 2.18. The van der Waals surface area contributed by atoms with Crippen LogP contribution in [0.5, 0.6) is 0 Å². The summed E-state index contributed by atoms with van der Waals surface area (Å²) in [5.41, 5.74) is 0. The predicted molar refractivity (Wildman–Crippen MR) is 75.4 cm³/mol. The Hall–Kier alpha value is -2.18. The molecule has 2 heterocycles. The van der Waals surface area contributed by atoms with Gasteiger partial charge in [0.1, 0.15) is 23.5 Å². The van der Waals surface area contributed by atoms with Crippen molar-refractivity contribution < 1.29 is 9.59 Å². The minimum absolute atomic E-state index is 0.164. The van der Waals surface area contributed by atoms with E-state index in [0.717, 1.165) is 17.7 Å². The van der Waals surface area contributed by atoms with E-state index in [1.807, 2.05) is 0 Å². The molecule has 2 amide bonds. The molecule has 7 heteroatoms. The van der Waals surface area contributed by atoms with Gasteiger partial charge >= 0.3 is 0 Å². The maximum absolute atomic E-state index is 11.9. The summed E-state index contributed by atoms with van der Waals surface area (Å²) >= 11 is 0. The van der Waals surface area contributed by atoms with Crippen LogP contribution < -0.4 is 10.6 Å². The summed E-state index contributed by atoms with van der Waals surface area (Å²) in [7, 11) is 3.27. The lowest BCUT2D eigenvalue weighted by atomic mass is 10.2. The van der Waals surface area contributed by atoms with Gasteiger partial charge in [-0.1, -0.05) is 6.92 Å². The van der Waals surface area contributed by atoms with Crippen molar-refractivity contribution in [3.8, 4) is 0 Å². The number of likely N-dealkylation sites (tertiary alicyclic amines) is 1. The van der Waals surface area contributed by atoms with Gasteiger partial charge in [0.05, 0.1) is 6.42 Å². The largest absolute Gasteiger partial charge is 0.373 e. The van der Waals surface area contributed by atoms with Gasteiger partial charge in [-0.05, 0) is 6.42 Å². The summed E-state index contributed by atoms with van der Waals surface area (Å²) in [5, 5.41) is 5.99. The van der Waals surface area contributed by atoms with E-state index in [-0.39, 0.29) is 18.2 Å². The Kier molecular flexibility index (Phi) is 4.16. The molecule has 108 valence electrons. The Balaban J connectivity index is 2.18. The molecule has 1 aromatic heterocycles. The third kappa shape index (κ3) is 2.87. The Bertz CT molecular complexity index is 531. The van der Waals surface area contributed by atoms with E-state index < -0.39 is 6.04 Å². The minimum Gasteiger partial charge on any atom is -0.373 e. The fourth-order valence-corrected chi connectivity index (χ4v) is 2.08. The molecule has 0 saturated carbocycles. The zero-order valence-electron chi connectivity index (χ0n) is 11.9. The van der Waals surface area contributed by atoms with Crippen LogP contribution in [-0.4, -0.2) is 46.8 Å². The second-order valence-corrected chi connectivity index (χ2v) is 4.75. The molecule has 1 unspecified atom stereocenters. The summed E-state index contributed by atoms with van der Waals surface area (Å²) in [5.74, 6) is 1.57. The molecule has 0 bridgehead atoms. The first-order valence-corrected chi connectivity index (χ1v) is 6.67. The number of nitrogens with one attached hydrogen (secondary N) is 2. The molecule has 0 radical (unpaired) electrons. The molecule has 2 rings (SSSR count). The number of rotatable bonds is 5. The molecular formula is C13H19N5O2. The molecule has 1 fully saturated rings. The van der Waals surface area contributed by atoms with Gasteiger partial charge in [0.2, 0.25) is 5.91 Å². The third-order valence-electron chi connectivity index (χ3n) is 3.21. The quantitative estimate of drug-likeness (QED) is 0.768. The summed E-state index contributed by atoms with van der Waals surface area (Å²) in [6, 6.07) is 1.19. The number of likely N-dealkylation sites (N-methyl/N-ethyl adjacent to an activating group) is 1. The molecule has 2 N–H and O–H groups in total. The number of aromatic nitrogens is 2. The smallest absolute Gasteiger partial charge is 0.251 e. The first-order chi connectivity index (χ1) is 9.55. The SMILES string of the molecule is CCCc1nc(NC)cc(NC2CC(=O)N(C)C2=O)n1. The zero-order valence-corrected chi connectivity index (χ0v) is 11.9. The van der Waals surface area contributed by atoms with Gasteiger partial charge in [-0.2, -0.15) is 0 Å². The molecule has 1 saturated heterocycles. The maximum atomic E-state index is 11.9. The first kappa shape index (κ1) is 14.2. The Morgan fingerprint density at radius 3 is 2.60 bits per heavy atom. The Morgan fingerprint density at radius 2 is 2.05 bits per heavy atom. The van der Waals surface area contributed by atoms with Crippen molar-refractivity contribution in [3.05, 3.63) is 11.9 Å². The van der Waals surface area contributed by atoms with Crippen LogP contribution in [0.2, 0.25) is 0 Å². The van der Waals surface area contributed by atoms with Gasteiger partial charge in [-0.15, -0.1) is 0 Å². The lowest BCUT2D eigenvalue weighted by Crippen LogP contribution is -2.32. The summed E-state index contributed by atoms with van der Waals surface area (Å²) in [6.45, 7) is 2.05. The number of hydrogen-bond acceptors (Lipinski definition) is 6. The molecule has 1 aliphatic rings. The number of nitrogens with zero attached hydrogens (tertiary/aromatic N) is 3. The lowest BCUT2D eigenvalue weighted by Gasteiger charge is -2.13. The van der Waals surface area contributed by atoms with E-state index in [1.54, 1.807) is 13.1 Å². The summed E-state index contributed by atoms with van der Waals surface area (Å²) in [4.78, 5) is 33.2. The Morgan fingerprint density at radius 1 is 1.35 bits per heavy atom. The molecule has 7 nitrogen and oxygen atoms in total. The van der Waals surface area contributed by atoms with E-state index >= 15 is 0 Å². The van der Waals surface area contributed by atoms with Crippen LogP contribution in [0.15, 0.2) is 6.07 Å². The van der Waals surface area contributed by atoms with E-state index in [1.165, 1.54) is 7.05 Å². The van der Waals surface area contributed by atoms with Gasteiger partial charge in [-0.25, -0.2) is 9.97 Å². The van der Waals surface area contributed by atoms with Crippen molar-refractivity contribution in [2.75, 3.05) is 24.7 Å². The van der Waals surface area contributed by atoms with Crippen molar-refractivity contribution in [3.63, 3.8) is 0 Å². The molecule has 0 aliphatic carbocycles. The van der Waals surface area contributed by atoms with Crippen molar-refractivity contribution in [2.24, 2.45) is 0 Å². The van der Waals surface area contributed by atoms with Gasteiger partial charge in [0, 0.05) is 26.6 Å². The van der Waals surface area contributed by atoms with E-state index in [4.69, 9.17) is 0 Å². The van der Waals surface area contributed by atoms with E-state index in [0.29, 0.717) is 17.5 Å². The normalized spacial score (nSPS) is 18.6. The number of anilines is 2. The second-order valence-electron chi connectivity index (χ2n) is 4.75. The highest BCUT2D eigenvalue weighted by molar-refractivity contribution is 6.06. The number of carbonyl (C=O) groups excluding carboxylic acids is 2. The number of imide groups is 1. The number of aryl methyl sites for hydroxylation is 1.